The number of carboxylic acids is 1. The topological polar surface area (TPSA) is 40.5 Å². The van der Waals surface area contributed by atoms with Crippen molar-refractivity contribution in [2.45, 2.75) is 39.7 Å². The van der Waals surface area contributed by atoms with Crippen molar-refractivity contribution in [1.82, 2.24) is 4.90 Å². The third kappa shape index (κ3) is 2.69. The van der Waals surface area contributed by atoms with Gasteiger partial charge in [0.05, 0.1) is 5.41 Å². The standard InChI is InChI=1S/C10H19NO2/c1-4-11(8-5-6-8)7-10(2,3)9(12)13/h8H,4-7H2,1-3H3,(H,12,13). The number of hydrogen-bond donors (Lipinski definition) is 1. The predicted molar refractivity (Wildman–Crippen MR) is 51.7 cm³/mol. The van der Waals surface area contributed by atoms with Crippen LogP contribution in [0.2, 0.25) is 0 Å². The van der Waals surface area contributed by atoms with E-state index in [-0.39, 0.29) is 0 Å². The molecule has 3 nitrogen and oxygen atoms in total. The first kappa shape index (κ1) is 10.5. The van der Waals surface area contributed by atoms with Gasteiger partial charge in [-0.05, 0) is 33.2 Å². The Morgan fingerprint density at radius 1 is 1.54 bits per heavy atom. The van der Waals surface area contributed by atoms with Gasteiger partial charge < -0.3 is 5.11 Å². The normalized spacial score (nSPS) is 17.8. The van der Waals surface area contributed by atoms with Gasteiger partial charge in [0.15, 0.2) is 0 Å². The maximum Gasteiger partial charge on any atom is 0.310 e. The first-order valence-electron chi connectivity index (χ1n) is 4.95. The van der Waals surface area contributed by atoms with Crippen LogP contribution in [0.25, 0.3) is 0 Å². The molecular weight excluding hydrogens is 166 g/mol. The van der Waals surface area contributed by atoms with Crippen LogP contribution in [0.15, 0.2) is 0 Å². The lowest BCUT2D eigenvalue weighted by atomic mass is 9.93. The first-order chi connectivity index (χ1) is 5.97. The summed E-state index contributed by atoms with van der Waals surface area (Å²) in [7, 11) is 0. The summed E-state index contributed by atoms with van der Waals surface area (Å²) in [5.74, 6) is -0.702. The second-order valence-electron chi connectivity index (χ2n) is 4.48. The van der Waals surface area contributed by atoms with Crippen LogP contribution >= 0.6 is 0 Å². The van der Waals surface area contributed by atoms with Crippen LogP contribution in [0.5, 0.6) is 0 Å². The number of rotatable bonds is 5. The smallest absolute Gasteiger partial charge is 0.310 e. The molecule has 0 bridgehead atoms. The van der Waals surface area contributed by atoms with Gasteiger partial charge in [0.1, 0.15) is 0 Å². The van der Waals surface area contributed by atoms with E-state index < -0.39 is 11.4 Å². The summed E-state index contributed by atoms with van der Waals surface area (Å²) in [6.45, 7) is 7.31. The molecule has 0 radical (unpaired) electrons. The van der Waals surface area contributed by atoms with Gasteiger partial charge in [-0.15, -0.1) is 0 Å². The summed E-state index contributed by atoms with van der Waals surface area (Å²) >= 11 is 0. The lowest BCUT2D eigenvalue weighted by Crippen LogP contribution is -2.40. The van der Waals surface area contributed by atoms with Crippen LogP contribution in [0.3, 0.4) is 0 Å². The van der Waals surface area contributed by atoms with Crippen molar-refractivity contribution in [3.8, 4) is 0 Å². The average Bonchev–Trinajstić information content (AvgIpc) is 2.82. The van der Waals surface area contributed by atoms with Crippen molar-refractivity contribution in [2.75, 3.05) is 13.1 Å². The third-order valence-electron chi connectivity index (χ3n) is 2.65. The summed E-state index contributed by atoms with van der Waals surface area (Å²) in [5.41, 5.74) is -0.612. The zero-order chi connectivity index (χ0) is 10.1. The molecule has 0 aromatic heterocycles. The lowest BCUT2D eigenvalue weighted by molar-refractivity contribution is -0.148. The third-order valence-corrected chi connectivity index (χ3v) is 2.65. The van der Waals surface area contributed by atoms with E-state index in [0.717, 1.165) is 6.54 Å². The summed E-state index contributed by atoms with van der Waals surface area (Å²) in [6.07, 6.45) is 2.48. The highest BCUT2D eigenvalue weighted by Crippen LogP contribution is 2.29. The molecule has 0 atom stereocenters. The molecule has 76 valence electrons. The van der Waals surface area contributed by atoms with Crippen molar-refractivity contribution in [2.24, 2.45) is 5.41 Å². The summed E-state index contributed by atoms with van der Waals surface area (Å²) in [4.78, 5) is 13.2. The van der Waals surface area contributed by atoms with E-state index in [0.29, 0.717) is 12.6 Å². The van der Waals surface area contributed by atoms with Crippen molar-refractivity contribution >= 4 is 5.97 Å². The van der Waals surface area contributed by atoms with Gasteiger partial charge in [-0.3, -0.25) is 9.69 Å². The highest BCUT2D eigenvalue weighted by molar-refractivity contribution is 5.73. The number of nitrogens with zero attached hydrogens (tertiary/aromatic N) is 1. The second-order valence-corrected chi connectivity index (χ2v) is 4.48. The van der Waals surface area contributed by atoms with E-state index in [2.05, 4.69) is 11.8 Å². The molecule has 0 aliphatic heterocycles. The van der Waals surface area contributed by atoms with Gasteiger partial charge in [0, 0.05) is 12.6 Å². The van der Waals surface area contributed by atoms with Gasteiger partial charge in [-0.2, -0.15) is 0 Å². The molecule has 1 N–H and O–H groups in total. The molecule has 1 saturated carbocycles. The molecule has 1 fully saturated rings. The molecule has 0 aromatic carbocycles. The molecular formula is C10H19NO2. The fourth-order valence-electron chi connectivity index (χ4n) is 1.51. The Kier molecular flexibility index (Phi) is 2.96. The molecule has 0 amide bonds. The molecule has 13 heavy (non-hydrogen) atoms. The maximum atomic E-state index is 10.9. The molecule has 1 aliphatic carbocycles. The van der Waals surface area contributed by atoms with E-state index >= 15 is 0 Å². The first-order valence-corrected chi connectivity index (χ1v) is 4.95. The van der Waals surface area contributed by atoms with Crippen LogP contribution in [-0.4, -0.2) is 35.1 Å². The Bertz CT molecular complexity index is 197. The molecule has 1 aliphatic rings. The fraction of sp³-hybridized carbons (Fsp3) is 0.900. The number of hydrogen-bond acceptors (Lipinski definition) is 2. The second kappa shape index (κ2) is 3.66. The van der Waals surface area contributed by atoms with Gasteiger partial charge in [0.25, 0.3) is 0 Å². The van der Waals surface area contributed by atoms with Crippen molar-refractivity contribution in [3.63, 3.8) is 0 Å². The van der Waals surface area contributed by atoms with Gasteiger partial charge >= 0.3 is 5.97 Å². The Hall–Kier alpha value is -0.570. The maximum absolute atomic E-state index is 10.9. The van der Waals surface area contributed by atoms with Crippen molar-refractivity contribution < 1.29 is 9.90 Å². The van der Waals surface area contributed by atoms with E-state index in [9.17, 15) is 4.79 Å². The predicted octanol–water partition coefficient (Wildman–Crippen LogP) is 1.58. The monoisotopic (exact) mass is 185 g/mol. The van der Waals surface area contributed by atoms with Gasteiger partial charge in [-0.1, -0.05) is 6.92 Å². The highest BCUT2D eigenvalue weighted by Gasteiger charge is 2.35. The minimum Gasteiger partial charge on any atom is -0.481 e. The van der Waals surface area contributed by atoms with Gasteiger partial charge in [0.2, 0.25) is 0 Å². The fourth-order valence-corrected chi connectivity index (χ4v) is 1.51. The molecule has 0 unspecified atom stereocenters. The van der Waals surface area contributed by atoms with E-state index in [1.54, 1.807) is 13.8 Å². The van der Waals surface area contributed by atoms with Crippen LogP contribution < -0.4 is 0 Å². The Morgan fingerprint density at radius 3 is 2.38 bits per heavy atom. The van der Waals surface area contributed by atoms with Crippen LogP contribution in [0, 0.1) is 5.41 Å². The molecule has 0 saturated heterocycles. The summed E-state index contributed by atoms with van der Waals surface area (Å²) in [5, 5.41) is 8.96. The Morgan fingerprint density at radius 2 is 2.08 bits per heavy atom. The molecule has 0 aromatic rings. The SMILES string of the molecule is CCN(CC(C)(C)C(=O)O)C1CC1. The van der Waals surface area contributed by atoms with E-state index in [4.69, 9.17) is 5.11 Å². The van der Waals surface area contributed by atoms with Crippen molar-refractivity contribution in [3.05, 3.63) is 0 Å². The average molecular weight is 185 g/mol. The molecule has 3 heteroatoms. The summed E-state index contributed by atoms with van der Waals surface area (Å²) < 4.78 is 0. The summed E-state index contributed by atoms with van der Waals surface area (Å²) in [6, 6.07) is 0.656. The number of carbonyl (C=O) groups is 1. The van der Waals surface area contributed by atoms with E-state index in [1.807, 2.05) is 0 Å². The van der Waals surface area contributed by atoms with Crippen LogP contribution in [-0.2, 0) is 4.79 Å². The Labute approximate surface area is 79.7 Å². The zero-order valence-corrected chi connectivity index (χ0v) is 8.71. The Balaban J connectivity index is 2.48. The zero-order valence-electron chi connectivity index (χ0n) is 8.71. The molecule has 0 heterocycles. The van der Waals surface area contributed by atoms with E-state index in [1.165, 1.54) is 12.8 Å². The quantitative estimate of drug-likeness (QED) is 0.707. The molecule has 1 rings (SSSR count). The number of carboxylic acid groups (broad SMARTS) is 1. The minimum absolute atomic E-state index is 0.612. The molecule has 0 spiro atoms. The van der Waals surface area contributed by atoms with Crippen LogP contribution in [0.4, 0.5) is 0 Å². The van der Waals surface area contributed by atoms with Crippen LogP contribution in [0.1, 0.15) is 33.6 Å². The van der Waals surface area contributed by atoms with Crippen molar-refractivity contribution in [1.29, 1.82) is 0 Å². The minimum atomic E-state index is -0.702. The van der Waals surface area contributed by atoms with Gasteiger partial charge in [-0.25, -0.2) is 0 Å². The largest absolute Gasteiger partial charge is 0.481 e. The highest BCUT2D eigenvalue weighted by atomic mass is 16.4. The number of aliphatic carboxylic acids is 1. The lowest BCUT2D eigenvalue weighted by Gasteiger charge is -2.28.